The minimum Gasteiger partial charge on any atom is -0.382 e. The molecule has 0 aliphatic heterocycles. The monoisotopic (exact) mass is 498 g/mol. The summed E-state index contributed by atoms with van der Waals surface area (Å²) in [6, 6.07) is 23.9. The molecule has 0 aliphatic carbocycles. The molecule has 6 N–H and O–H groups in total. The van der Waals surface area contributed by atoms with E-state index in [1.165, 1.54) is 0 Å². The van der Waals surface area contributed by atoms with Crippen molar-refractivity contribution in [1.29, 1.82) is 0 Å². The summed E-state index contributed by atoms with van der Waals surface area (Å²) in [4.78, 5) is 21.0. The summed E-state index contributed by atoms with van der Waals surface area (Å²) in [5.74, 6) is -0.103. The molecule has 0 bridgehead atoms. The van der Waals surface area contributed by atoms with E-state index in [-0.39, 0.29) is 11.8 Å². The van der Waals surface area contributed by atoms with Gasteiger partial charge in [0.25, 0.3) is 0 Å². The Morgan fingerprint density at radius 2 is 1.78 bits per heavy atom. The van der Waals surface area contributed by atoms with Crippen molar-refractivity contribution < 1.29 is 4.79 Å². The van der Waals surface area contributed by atoms with Crippen LogP contribution in [0.2, 0.25) is 5.15 Å². The van der Waals surface area contributed by atoms with Crippen molar-refractivity contribution in [2.45, 2.75) is 25.7 Å². The van der Waals surface area contributed by atoms with Crippen LogP contribution < -0.4 is 11.5 Å². The maximum atomic E-state index is 12.8. The standard InChI is InChI=1S/C28H27ClN6O/c1-16-6-5-9-18(12-16)14-21(27(31)36)22(13-17-7-3-2-4-8-17)28-32-24(25(29)33-28)19-10-11-20-23(15-19)34-35-26(20)30/h2-12,15,21-22H,13-14H2,1H3,(H2,31,36)(H,32,33)(H3,30,34,35)/t21?,22-/m0/s1. The smallest absolute Gasteiger partial charge is 0.221 e. The molecule has 0 saturated heterocycles. The van der Waals surface area contributed by atoms with Crippen molar-refractivity contribution in [2.75, 3.05) is 5.73 Å². The molecule has 0 aliphatic rings. The van der Waals surface area contributed by atoms with Crippen molar-refractivity contribution in [3.8, 4) is 11.3 Å². The number of imidazole rings is 1. The maximum Gasteiger partial charge on any atom is 0.221 e. The molecule has 0 spiro atoms. The van der Waals surface area contributed by atoms with E-state index in [2.05, 4.69) is 21.2 Å². The van der Waals surface area contributed by atoms with E-state index < -0.39 is 5.92 Å². The number of nitrogen functional groups attached to an aromatic ring is 1. The maximum absolute atomic E-state index is 12.8. The predicted molar refractivity (Wildman–Crippen MR) is 144 cm³/mol. The van der Waals surface area contributed by atoms with Crippen LogP contribution in [0.3, 0.4) is 0 Å². The lowest BCUT2D eigenvalue weighted by atomic mass is 9.81. The molecule has 36 heavy (non-hydrogen) atoms. The molecule has 5 rings (SSSR count). The number of hydrogen-bond acceptors (Lipinski definition) is 4. The van der Waals surface area contributed by atoms with Crippen LogP contribution in [-0.2, 0) is 17.6 Å². The van der Waals surface area contributed by atoms with Crippen molar-refractivity contribution in [2.24, 2.45) is 11.7 Å². The van der Waals surface area contributed by atoms with E-state index in [1.807, 2.05) is 73.7 Å². The molecule has 2 heterocycles. The Morgan fingerprint density at radius 3 is 2.53 bits per heavy atom. The Hall–Kier alpha value is -4.10. The van der Waals surface area contributed by atoms with Gasteiger partial charge in [-0.25, -0.2) is 4.98 Å². The molecule has 3 aromatic carbocycles. The van der Waals surface area contributed by atoms with Gasteiger partial charge >= 0.3 is 0 Å². The number of aryl methyl sites for hydroxylation is 1. The number of hydrogen-bond donors (Lipinski definition) is 4. The van der Waals surface area contributed by atoms with Gasteiger partial charge in [-0.1, -0.05) is 77.8 Å². The lowest BCUT2D eigenvalue weighted by Gasteiger charge is -2.24. The minimum absolute atomic E-state index is 0.303. The van der Waals surface area contributed by atoms with Crippen LogP contribution in [0.25, 0.3) is 22.2 Å². The van der Waals surface area contributed by atoms with Crippen molar-refractivity contribution in [3.63, 3.8) is 0 Å². The molecule has 5 aromatic rings. The number of aromatic amines is 2. The third kappa shape index (κ3) is 4.83. The van der Waals surface area contributed by atoms with E-state index >= 15 is 0 Å². The number of fused-ring (bicyclic) bond motifs is 1. The van der Waals surface area contributed by atoms with E-state index in [0.29, 0.717) is 35.3 Å². The molecule has 1 unspecified atom stereocenters. The fraction of sp³-hybridized carbons (Fsp3) is 0.179. The average Bonchev–Trinajstić information content (AvgIpc) is 3.44. The molecular formula is C28H27ClN6O. The third-order valence-corrected chi connectivity index (χ3v) is 6.86. The average molecular weight is 499 g/mol. The molecule has 2 atom stereocenters. The van der Waals surface area contributed by atoms with E-state index in [1.54, 1.807) is 0 Å². The number of nitrogens with two attached hydrogens (primary N) is 2. The summed E-state index contributed by atoms with van der Waals surface area (Å²) < 4.78 is 0. The van der Waals surface area contributed by atoms with Crippen molar-refractivity contribution in [3.05, 3.63) is 100 Å². The second kappa shape index (κ2) is 9.87. The summed E-state index contributed by atoms with van der Waals surface area (Å²) in [7, 11) is 0. The number of nitrogens with zero attached hydrogens (tertiary/aromatic N) is 2. The highest BCUT2D eigenvalue weighted by Gasteiger charge is 2.32. The highest BCUT2D eigenvalue weighted by Crippen LogP contribution is 2.35. The second-order valence-electron chi connectivity index (χ2n) is 9.15. The van der Waals surface area contributed by atoms with Gasteiger partial charge in [-0.05, 0) is 43.0 Å². The first-order valence-corrected chi connectivity index (χ1v) is 12.1. The number of carbonyl (C=O) groups is 1. The minimum atomic E-state index is -0.489. The van der Waals surface area contributed by atoms with Crippen LogP contribution >= 0.6 is 11.6 Å². The zero-order valence-electron chi connectivity index (χ0n) is 19.8. The fourth-order valence-corrected chi connectivity index (χ4v) is 5.00. The SMILES string of the molecule is Cc1cccc(CC(C(N)=O)[C@H](Cc2ccccc2)c2nc(-c3ccc4c(N)n[nH]c4c3)c(Cl)[nH]2)c1. The lowest BCUT2D eigenvalue weighted by Crippen LogP contribution is -2.32. The summed E-state index contributed by atoms with van der Waals surface area (Å²) in [6.45, 7) is 2.03. The molecular weight excluding hydrogens is 472 g/mol. The molecule has 8 heteroatoms. The normalized spacial score (nSPS) is 13.1. The van der Waals surface area contributed by atoms with Gasteiger partial charge in [0.1, 0.15) is 16.7 Å². The Morgan fingerprint density at radius 1 is 1.00 bits per heavy atom. The first-order chi connectivity index (χ1) is 17.4. The van der Waals surface area contributed by atoms with Gasteiger partial charge < -0.3 is 16.5 Å². The van der Waals surface area contributed by atoms with Crippen LogP contribution in [0.4, 0.5) is 5.82 Å². The summed E-state index contributed by atoms with van der Waals surface area (Å²) in [5, 5.41) is 8.22. The number of nitrogens with one attached hydrogen (secondary N) is 2. The van der Waals surface area contributed by atoms with Crippen LogP contribution in [0, 0.1) is 12.8 Å². The van der Waals surface area contributed by atoms with Gasteiger partial charge in [-0.15, -0.1) is 0 Å². The number of anilines is 1. The quantitative estimate of drug-likeness (QED) is 0.235. The number of benzene rings is 3. The number of carbonyl (C=O) groups excluding carboxylic acids is 1. The Kier molecular flexibility index (Phi) is 6.48. The highest BCUT2D eigenvalue weighted by molar-refractivity contribution is 6.32. The second-order valence-corrected chi connectivity index (χ2v) is 9.53. The highest BCUT2D eigenvalue weighted by atomic mass is 35.5. The molecule has 1 amide bonds. The first-order valence-electron chi connectivity index (χ1n) is 11.8. The van der Waals surface area contributed by atoms with E-state index in [0.717, 1.165) is 33.2 Å². The Bertz CT molecular complexity index is 1520. The first kappa shape index (κ1) is 23.6. The van der Waals surface area contributed by atoms with Crippen LogP contribution in [0.5, 0.6) is 0 Å². The van der Waals surface area contributed by atoms with Crippen molar-refractivity contribution in [1.82, 2.24) is 20.2 Å². The number of halogens is 1. The van der Waals surface area contributed by atoms with Crippen LogP contribution in [-0.4, -0.2) is 26.1 Å². The zero-order chi connectivity index (χ0) is 25.2. The number of H-pyrrole nitrogens is 2. The van der Waals surface area contributed by atoms with Gasteiger partial charge in [0.2, 0.25) is 5.91 Å². The third-order valence-electron chi connectivity index (χ3n) is 6.58. The van der Waals surface area contributed by atoms with E-state index in [9.17, 15) is 4.79 Å². The van der Waals surface area contributed by atoms with Gasteiger partial charge in [-0.3, -0.25) is 9.89 Å². The number of amides is 1. The molecule has 0 radical (unpaired) electrons. The van der Waals surface area contributed by atoms with Crippen molar-refractivity contribution >= 4 is 34.2 Å². The summed E-state index contributed by atoms with van der Waals surface area (Å²) in [6.07, 6.45) is 1.08. The van der Waals surface area contributed by atoms with Gasteiger partial charge in [0.05, 0.1) is 11.4 Å². The number of aromatic nitrogens is 4. The van der Waals surface area contributed by atoms with Crippen LogP contribution in [0.1, 0.15) is 28.4 Å². The van der Waals surface area contributed by atoms with E-state index in [4.69, 9.17) is 28.1 Å². The molecule has 0 fully saturated rings. The zero-order valence-corrected chi connectivity index (χ0v) is 20.6. The van der Waals surface area contributed by atoms with Gasteiger partial charge in [0, 0.05) is 16.9 Å². The number of rotatable bonds is 8. The fourth-order valence-electron chi connectivity index (χ4n) is 4.76. The largest absolute Gasteiger partial charge is 0.382 e. The molecule has 7 nitrogen and oxygen atoms in total. The summed E-state index contributed by atoms with van der Waals surface area (Å²) in [5.41, 5.74) is 17.4. The lowest BCUT2D eigenvalue weighted by molar-refractivity contribution is -0.122. The van der Waals surface area contributed by atoms with Crippen LogP contribution in [0.15, 0.2) is 72.8 Å². The van der Waals surface area contributed by atoms with Gasteiger partial charge in [0.15, 0.2) is 5.82 Å². The topological polar surface area (TPSA) is 126 Å². The molecule has 182 valence electrons. The Labute approximate surface area is 213 Å². The van der Waals surface area contributed by atoms with Gasteiger partial charge in [-0.2, -0.15) is 5.10 Å². The molecule has 0 saturated carbocycles. The Balaban J connectivity index is 1.56. The summed E-state index contributed by atoms with van der Waals surface area (Å²) >= 11 is 6.66. The predicted octanol–water partition coefficient (Wildman–Crippen LogP) is 5.17. The molecule has 2 aromatic heterocycles. The number of primary amides is 1.